The molecule has 0 fully saturated rings. The van der Waals surface area contributed by atoms with Crippen LogP contribution in [0, 0.1) is 0 Å². The molecule has 0 saturated carbocycles. The van der Waals surface area contributed by atoms with Crippen molar-refractivity contribution in [2.75, 3.05) is 18.2 Å². The second kappa shape index (κ2) is 3.56. The smallest absolute Gasteiger partial charge is 0.184 e. The molecule has 0 radical (unpaired) electrons. The lowest BCUT2D eigenvalue weighted by molar-refractivity contribution is 1.10. The van der Waals surface area contributed by atoms with E-state index in [0.29, 0.717) is 0 Å². The van der Waals surface area contributed by atoms with Gasteiger partial charge in [0.2, 0.25) is 0 Å². The van der Waals surface area contributed by atoms with Crippen molar-refractivity contribution in [3.8, 4) is 0 Å². The normalized spacial score (nSPS) is 14.5. The molecule has 0 unspecified atom stereocenters. The molecule has 0 amide bonds. The topological polar surface area (TPSA) is 3.24 Å². The van der Waals surface area contributed by atoms with Gasteiger partial charge in [0.05, 0.1) is 22.3 Å². The van der Waals surface area contributed by atoms with E-state index in [2.05, 4.69) is 66.7 Å². The number of nitrogens with zero attached hydrogens (tertiary/aromatic N) is 1. The molecule has 0 atom stereocenters. The monoisotopic (exact) mass is 228 g/mol. The SMILES string of the molecule is CN1c2ccccc2[S+](C)c2ccccc21. The van der Waals surface area contributed by atoms with Gasteiger partial charge in [-0.3, -0.25) is 0 Å². The van der Waals surface area contributed by atoms with E-state index in [4.69, 9.17) is 0 Å². The summed E-state index contributed by atoms with van der Waals surface area (Å²) in [4.78, 5) is 5.19. The van der Waals surface area contributed by atoms with Crippen LogP contribution in [0.1, 0.15) is 0 Å². The van der Waals surface area contributed by atoms with E-state index < -0.39 is 0 Å². The molecule has 1 aliphatic rings. The standard InChI is InChI=1S/C14H14NS/c1-15-11-7-3-5-9-13(11)16(2)14-10-6-4-8-12(14)15/h3-10H,1-2H3/q+1. The van der Waals surface area contributed by atoms with Crippen LogP contribution in [0.15, 0.2) is 58.3 Å². The van der Waals surface area contributed by atoms with Crippen molar-refractivity contribution in [2.45, 2.75) is 9.79 Å². The van der Waals surface area contributed by atoms with Gasteiger partial charge in [0.15, 0.2) is 9.79 Å². The average Bonchev–Trinajstić information content (AvgIpc) is 2.36. The van der Waals surface area contributed by atoms with Crippen LogP contribution in [0.5, 0.6) is 0 Å². The second-order valence-corrected chi connectivity index (χ2v) is 5.91. The van der Waals surface area contributed by atoms with Crippen LogP contribution < -0.4 is 4.90 Å². The summed E-state index contributed by atoms with van der Waals surface area (Å²) in [5.74, 6) is 0. The summed E-state index contributed by atoms with van der Waals surface area (Å²) in [6, 6.07) is 17.4. The number of hydrogen-bond donors (Lipinski definition) is 0. The van der Waals surface area contributed by atoms with Crippen LogP contribution in [0.25, 0.3) is 0 Å². The van der Waals surface area contributed by atoms with Gasteiger partial charge < -0.3 is 4.90 Å². The predicted molar refractivity (Wildman–Crippen MR) is 70.8 cm³/mol. The highest BCUT2D eigenvalue weighted by Crippen LogP contribution is 2.42. The summed E-state index contributed by atoms with van der Waals surface area (Å²) in [5.41, 5.74) is 2.68. The molecular formula is C14H14NS+. The van der Waals surface area contributed by atoms with Crippen LogP contribution in [-0.2, 0) is 10.9 Å². The Hall–Kier alpha value is -1.41. The van der Waals surface area contributed by atoms with Gasteiger partial charge in [-0.15, -0.1) is 0 Å². The van der Waals surface area contributed by atoms with Crippen molar-refractivity contribution in [2.24, 2.45) is 0 Å². The van der Waals surface area contributed by atoms with Gasteiger partial charge in [-0.1, -0.05) is 24.3 Å². The summed E-state index contributed by atoms with van der Waals surface area (Å²) in [6.07, 6.45) is 2.31. The van der Waals surface area contributed by atoms with E-state index in [-0.39, 0.29) is 10.9 Å². The van der Waals surface area contributed by atoms with Crippen LogP contribution in [-0.4, -0.2) is 13.3 Å². The van der Waals surface area contributed by atoms with Gasteiger partial charge in [0, 0.05) is 7.05 Å². The largest absolute Gasteiger partial charge is 0.336 e. The lowest BCUT2D eigenvalue weighted by atomic mass is 10.2. The van der Waals surface area contributed by atoms with E-state index >= 15 is 0 Å². The molecule has 0 aliphatic carbocycles. The summed E-state index contributed by atoms with van der Waals surface area (Å²) < 4.78 is 0. The molecule has 1 aliphatic heterocycles. The Morgan fingerprint density at radius 1 is 0.812 bits per heavy atom. The van der Waals surface area contributed by atoms with Gasteiger partial charge in [-0.05, 0) is 24.3 Å². The fourth-order valence-electron chi connectivity index (χ4n) is 2.23. The molecule has 0 aromatic heterocycles. The summed E-state index contributed by atoms with van der Waals surface area (Å²) in [7, 11) is 2.34. The Morgan fingerprint density at radius 3 is 1.75 bits per heavy atom. The third kappa shape index (κ3) is 1.26. The third-order valence-electron chi connectivity index (χ3n) is 3.11. The quantitative estimate of drug-likeness (QED) is 0.624. The highest BCUT2D eigenvalue weighted by Gasteiger charge is 2.33. The van der Waals surface area contributed by atoms with Crippen molar-refractivity contribution < 1.29 is 0 Å². The molecule has 0 N–H and O–H groups in total. The molecule has 1 heterocycles. The zero-order valence-corrected chi connectivity index (χ0v) is 10.3. The highest BCUT2D eigenvalue weighted by molar-refractivity contribution is 7.96. The minimum Gasteiger partial charge on any atom is -0.336 e. The molecule has 3 rings (SSSR count). The van der Waals surface area contributed by atoms with Crippen molar-refractivity contribution in [1.29, 1.82) is 0 Å². The number of anilines is 2. The molecule has 1 nitrogen and oxygen atoms in total. The molecule has 0 saturated heterocycles. The lowest BCUT2D eigenvalue weighted by Gasteiger charge is -2.27. The van der Waals surface area contributed by atoms with Crippen molar-refractivity contribution in [1.82, 2.24) is 0 Å². The summed E-state index contributed by atoms with van der Waals surface area (Å²) in [6.45, 7) is 0. The Kier molecular flexibility index (Phi) is 2.18. The van der Waals surface area contributed by atoms with Crippen LogP contribution in [0.3, 0.4) is 0 Å². The van der Waals surface area contributed by atoms with E-state index in [1.807, 2.05) is 0 Å². The third-order valence-corrected chi connectivity index (χ3v) is 5.12. The molecule has 2 aromatic carbocycles. The van der Waals surface area contributed by atoms with Gasteiger partial charge in [-0.25, -0.2) is 0 Å². The number of hydrogen-bond acceptors (Lipinski definition) is 1. The first-order valence-electron chi connectivity index (χ1n) is 5.37. The summed E-state index contributed by atoms with van der Waals surface area (Å²) >= 11 is 0. The van der Waals surface area contributed by atoms with E-state index in [9.17, 15) is 0 Å². The van der Waals surface area contributed by atoms with Crippen molar-refractivity contribution >= 4 is 22.3 Å². The minimum absolute atomic E-state index is 0.198. The first kappa shape index (κ1) is 9.79. The average molecular weight is 228 g/mol. The zero-order valence-electron chi connectivity index (χ0n) is 9.47. The minimum atomic E-state index is 0.198. The Morgan fingerprint density at radius 2 is 1.25 bits per heavy atom. The zero-order chi connectivity index (χ0) is 11.1. The van der Waals surface area contributed by atoms with Crippen LogP contribution in [0.2, 0.25) is 0 Å². The van der Waals surface area contributed by atoms with Crippen LogP contribution >= 0.6 is 0 Å². The number of para-hydroxylation sites is 2. The van der Waals surface area contributed by atoms with Gasteiger partial charge >= 0.3 is 0 Å². The maximum atomic E-state index is 2.31. The second-order valence-electron chi connectivity index (χ2n) is 4.00. The Bertz CT molecular complexity index is 440. The van der Waals surface area contributed by atoms with E-state index in [0.717, 1.165) is 0 Å². The summed E-state index contributed by atoms with van der Waals surface area (Å²) in [5, 5.41) is 0. The Labute approximate surface area is 99.1 Å². The highest BCUT2D eigenvalue weighted by atomic mass is 32.2. The predicted octanol–water partition coefficient (Wildman–Crippen LogP) is 3.43. The first-order chi connectivity index (χ1) is 7.79. The van der Waals surface area contributed by atoms with E-state index in [1.165, 1.54) is 21.2 Å². The van der Waals surface area contributed by atoms with Gasteiger partial charge in [-0.2, -0.15) is 0 Å². The molecule has 2 aromatic rings. The molecular weight excluding hydrogens is 214 g/mol. The fraction of sp³-hybridized carbons (Fsp3) is 0.143. The lowest BCUT2D eigenvalue weighted by Crippen LogP contribution is -2.21. The van der Waals surface area contributed by atoms with Gasteiger partial charge in [0.1, 0.15) is 6.26 Å². The maximum Gasteiger partial charge on any atom is 0.184 e. The molecule has 0 bridgehead atoms. The Balaban J connectivity index is 2.26. The van der Waals surface area contributed by atoms with Gasteiger partial charge in [0.25, 0.3) is 0 Å². The van der Waals surface area contributed by atoms with Crippen LogP contribution in [0.4, 0.5) is 11.4 Å². The number of fused-ring (bicyclic) bond motifs is 2. The number of benzene rings is 2. The van der Waals surface area contributed by atoms with Crippen molar-refractivity contribution in [3.05, 3.63) is 48.5 Å². The maximum absolute atomic E-state index is 2.31. The molecule has 16 heavy (non-hydrogen) atoms. The van der Waals surface area contributed by atoms with Crippen molar-refractivity contribution in [3.63, 3.8) is 0 Å². The molecule has 0 spiro atoms. The first-order valence-corrected chi connectivity index (χ1v) is 7.00. The fourth-order valence-corrected chi connectivity index (χ4v) is 4.07. The van der Waals surface area contributed by atoms with E-state index in [1.54, 1.807) is 0 Å². The number of rotatable bonds is 0. The molecule has 2 heteroatoms. The molecule has 80 valence electrons.